The molecule has 0 spiro atoms. The van der Waals surface area contributed by atoms with E-state index < -0.39 is 0 Å². The van der Waals surface area contributed by atoms with Gasteiger partial charge in [0.2, 0.25) is 5.91 Å². The number of likely N-dealkylation sites (tertiary alicyclic amines) is 1. The third kappa shape index (κ3) is 5.72. The van der Waals surface area contributed by atoms with Gasteiger partial charge in [0.25, 0.3) is 0 Å². The van der Waals surface area contributed by atoms with E-state index in [1.165, 1.54) is 32.4 Å². The second kappa shape index (κ2) is 8.12. The van der Waals surface area contributed by atoms with Gasteiger partial charge in [0.05, 0.1) is 6.07 Å². The highest BCUT2D eigenvalue weighted by Crippen LogP contribution is 2.08. The van der Waals surface area contributed by atoms with Gasteiger partial charge in [-0.2, -0.15) is 5.26 Å². The molecule has 90 valence electrons. The van der Waals surface area contributed by atoms with E-state index in [4.69, 9.17) is 5.26 Å². The third-order valence-electron chi connectivity index (χ3n) is 2.91. The summed E-state index contributed by atoms with van der Waals surface area (Å²) in [5, 5.41) is 11.0. The first kappa shape index (κ1) is 13.0. The molecule has 0 radical (unpaired) electrons. The summed E-state index contributed by atoms with van der Waals surface area (Å²) in [4.78, 5) is 13.5. The van der Waals surface area contributed by atoms with E-state index >= 15 is 0 Å². The standard InChI is InChI=1S/C12H21N3O/c13-7-6-12(16)14-8-2-5-11-15-9-3-1-4-10-15/h1-6,8-11H2,(H,14,16). The van der Waals surface area contributed by atoms with Gasteiger partial charge in [-0.15, -0.1) is 0 Å². The maximum atomic E-state index is 11.0. The molecule has 16 heavy (non-hydrogen) atoms. The number of rotatable bonds is 6. The van der Waals surface area contributed by atoms with Gasteiger partial charge in [0.15, 0.2) is 0 Å². The molecule has 0 unspecified atom stereocenters. The molecule has 0 bridgehead atoms. The summed E-state index contributed by atoms with van der Waals surface area (Å²) in [5.41, 5.74) is 0. The van der Waals surface area contributed by atoms with Crippen molar-refractivity contribution < 1.29 is 4.79 Å². The maximum Gasteiger partial charge on any atom is 0.234 e. The van der Waals surface area contributed by atoms with Crippen LogP contribution in [0.1, 0.15) is 38.5 Å². The minimum atomic E-state index is -0.152. The quantitative estimate of drug-likeness (QED) is 0.690. The zero-order chi connectivity index (χ0) is 11.6. The number of nitrogens with one attached hydrogen (secondary N) is 1. The van der Waals surface area contributed by atoms with E-state index in [2.05, 4.69) is 10.2 Å². The Morgan fingerprint density at radius 3 is 2.69 bits per heavy atom. The fraction of sp³-hybridized carbons (Fsp3) is 0.833. The van der Waals surface area contributed by atoms with Gasteiger partial charge in [0.1, 0.15) is 6.42 Å². The van der Waals surface area contributed by atoms with Crippen molar-refractivity contribution in [2.24, 2.45) is 0 Å². The largest absolute Gasteiger partial charge is 0.355 e. The lowest BCUT2D eigenvalue weighted by Gasteiger charge is -2.26. The molecule has 0 atom stereocenters. The summed E-state index contributed by atoms with van der Waals surface area (Å²) < 4.78 is 0. The highest BCUT2D eigenvalue weighted by atomic mass is 16.1. The second-order valence-electron chi connectivity index (χ2n) is 4.29. The van der Waals surface area contributed by atoms with Crippen molar-refractivity contribution in [3.8, 4) is 6.07 Å². The van der Waals surface area contributed by atoms with Crippen LogP contribution < -0.4 is 5.32 Å². The highest BCUT2D eigenvalue weighted by molar-refractivity contribution is 5.77. The van der Waals surface area contributed by atoms with Gasteiger partial charge < -0.3 is 10.2 Å². The van der Waals surface area contributed by atoms with Crippen LogP contribution in [0.2, 0.25) is 0 Å². The van der Waals surface area contributed by atoms with E-state index in [1.54, 1.807) is 0 Å². The van der Waals surface area contributed by atoms with Gasteiger partial charge in [0, 0.05) is 6.54 Å². The number of unbranched alkanes of at least 4 members (excludes halogenated alkanes) is 1. The fourth-order valence-electron chi connectivity index (χ4n) is 2.01. The Kier molecular flexibility index (Phi) is 6.59. The van der Waals surface area contributed by atoms with Crippen molar-refractivity contribution in [1.82, 2.24) is 10.2 Å². The van der Waals surface area contributed by atoms with Crippen molar-refractivity contribution in [3.05, 3.63) is 0 Å². The molecular formula is C12H21N3O. The first-order chi connectivity index (χ1) is 7.83. The lowest BCUT2D eigenvalue weighted by molar-refractivity contribution is -0.120. The summed E-state index contributed by atoms with van der Waals surface area (Å²) >= 11 is 0. The molecule has 4 nitrogen and oxygen atoms in total. The van der Waals surface area contributed by atoms with Gasteiger partial charge in [-0.1, -0.05) is 6.42 Å². The zero-order valence-electron chi connectivity index (χ0n) is 9.87. The number of hydrogen-bond donors (Lipinski definition) is 1. The van der Waals surface area contributed by atoms with E-state index in [1.807, 2.05) is 6.07 Å². The van der Waals surface area contributed by atoms with E-state index in [0.29, 0.717) is 6.54 Å². The van der Waals surface area contributed by atoms with Gasteiger partial charge >= 0.3 is 0 Å². The Morgan fingerprint density at radius 1 is 1.25 bits per heavy atom. The Balaban J connectivity index is 1.91. The number of hydrogen-bond acceptors (Lipinski definition) is 3. The highest BCUT2D eigenvalue weighted by Gasteiger charge is 2.08. The minimum absolute atomic E-state index is 0.0217. The smallest absolute Gasteiger partial charge is 0.234 e. The zero-order valence-corrected chi connectivity index (χ0v) is 9.87. The predicted octanol–water partition coefficient (Wildman–Crippen LogP) is 1.28. The van der Waals surface area contributed by atoms with Crippen LogP contribution in [-0.2, 0) is 4.79 Å². The molecule has 0 aromatic rings. The third-order valence-corrected chi connectivity index (χ3v) is 2.91. The molecule has 1 fully saturated rings. The molecular weight excluding hydrogens is 202 g/mol. The molecule has 1 saturated heterocycles. The molecule has 1 aliphatic rings. The van der Waals surface area contributed by atoms with Crippen LogP contribution in [0.5, 0.6) is 0 Å². The van der Waals surface area contributed by atoms with Crippen molar-refractivity contribution in [1.29, 1.82) is 5.26 Å². The Hall–Kier alpha value is -1.08. The fourth-order valence-corrected chi connectivity index (χ4v) is 2.01. The van der Waals surface area contributed by atoms with Crippen LogP contribution >= 0.6 is 0 Å². The number of carbonyl (C=O) groups is 1. The summed E-state index contributed by atoms with van der Waals surface area (Å²) in [5.74, 6) is -0.152. The molecule has 0 aromatic heterocycles. The molecule has 1 rings (SSSR count). The van der Waals surface area contributed by atoms with E-state index in [-0.39, 0.29) is 12.3 Å². The Bertz CT molecular complexity index is 241. The molecule has 1 amide bonds. The van der Waals surface area contributed by atoms with Crippen molar-refractivity contribution in [3.63, 3.8) is 0 Å². The molecule has 0 aliphatic carbocycles. The van der Waals surface area contributed by atoms with Crippen molar-refractivity contribution >= 4 is 5.91 Å². The molecule has 0 saturated carbocycles. The Labute approximate surface area is 97.6 Å². The first-order valence-corrected chi connectivity index (χ1v) is 6.19. The first-order valence-electron chi connectivity index (χ1n) is 6.19. The van der Waals surface area contributed by atoms with Crippen molar-refractivity contribution in [2.45, 2.75) is 38.5 Å². The molecule has 0 aromatic carbocycles. The van der Waals surface area contributed by atoms with Crippen LogP contribution in [0.4, 0.5) is 0 Å². The van der Waals surface area contributed by atoms with Crippen LogP contribution in [0.15, 0.2) is 0 Å². The normalized spacial score (nSPS) is 16.7. The molecule has 1 N–H and O–H groups in total. The van der Waals surface area contributed by atoms with Crippen LogP contribution in [-0.4, -0.2) is 37.0 Å². The van der Waals surface area contributed by atoms with Gasteiger partial charge in [-0.25, -0.2) is 0 Å². The summed E-state index contributed by atoms with van der Waals surface area (Å²) in [6, 6.07) is 1.84. The summed E-state index contributed by atoms with van der Waals surface area (Å²) in [6.07, 6.45) is 6.16. The lowest BCUT2D eigenvalue weighted by atomic mass is 10.1. The molecule has 4 heteroatoms. The summed E-state index contributed by atoms with van der Waals surface area (Å²) in [6.45, 7) is 4.32. The average molecular weight is 223 g/mol. The number of nitrogens with zero attached hydrogens (tertiary/aromatic N) is 2. The second-order valence-corrected chi connectivity index (χ2v) is 4.29. The SMILES string of the molecule is N#CCC(=O)NCCCCN1CCCCC1. The van der Waals surface area contributed by atoms with Crippen LogP contribution in [0.25, 0.3) is 0 Å². The number of nitriles is 1. The van der Waals surface area contributed by atoms with E-state index in [0.717, 1.165) is 19.4 Å². The summed E-state index contributed by atoms with van der Waals surface area (Å²) in [7, 11) is 0. The predicted molar refractivity (Wildman–Crippen MR) is 62.8 cm³/mol. The molecule has 1 heterocycles. The monoisotopic (exact) mass is 223 g/mol. The van der Waals surface area contributed by atoms with Crippen molar-refractivity contribution in [2.75, 3.05) is 26.2 Å². The van der Waals surface area contributed by atoms with Crippen LogP contribution in [0.3, 0.4) is 0 Å². The average Bonchev–Trinajstić information content (AvgIpc) is 2.30. The number of carbonyl (C=O) groups excluding carboxylic acids is 1. The maximum absolute atomic E-state index is 11.0. The minimum Gasteiger partial charge on any atom is -0.355 e. The lowest BCUT2D eigenvalue weighted by Crippen LogP contribution is -2.31. The van der Waals surface area contributed by atoms with Gasteiger partial charge in [-0.05, 0) is 45.3 Å². The number of piperidine rings is 1. The van der Waals surface area contributed by atoms with Crippen LogP contribution in [0, 0.1) is 11.3 Å². The topological polar surface area (TPSA) is 56.1 Å². The van der Waals surface area contributed by atoms with E-state index in [9.17, 15) is 4.79 Å². The van der Waals surface area contributed by atoms with Gasteiger partial charge in [-0.3, -0.25) is 4.79 Å². The Morgan fingerprint density at radius 2 is 2.00 bits per heavy atom. The number of amides is 1. The molecule has 1 aliphatic heterocycles.